The smallest absolute Gasteiger partial charge is 0.326 e. The van der Waals surface area contributed by atoms with Gasteiger partial charge in [0.15, 0.2) is 0 Å². The SMILES string of the molecule is O=C(O)[C@H]1CCCCN1C(=O)c1ccccc1I. The summed E-state index contributed by atoms with van der Waals surface area (Å²) in [6.07, 6.45) is 2.29. The predicted molar refractivity (Wildman–Crippen MR) is 75.5 cm³/mol. The number of nitrogens with zero attached hydrogens (tertiary/aromatic N) is 1. The van der Waals surface area contributed by atoms with Crippen molar-refractivity contribution in [3.8, 4) is 0 Å². The third-order valence-corrected chi connectivity index (χ3v) is 4.09. The summed E-state index contributed by atoms with van der Waals surface area (Å²) >= 11 is 2.10. The van der Waals surface area contributed by atoms with E-state index in [4.69, 9.17) is 0 Å². The Bertz CT molecular complexity index is 475. The molecule has 0 spiro atoms. The van der Waals surface area contributed by atoms with Crippen molar-refractivity contribution in [2.75, 3.05) is 6.54 Å². The molecular weight excluding hydrogens is 345 g/mol. The molecule has 4 nitrogen and oxygen atoms in total. The fourth-order valence-electron chi connectivity index (χ4n) is 2.22. The third kappa shape index (κ3) is 2.66. The first kappa shape index (κ1) is 13.3. The minimum atomic E-state index is -0.908. The topological polar surface area (TPSA) is 57.6 Å². The molecule has 1 heterocycles. The molecule has 2 rings (SSSR count). The molecule has 1 amide bonds. The highest BCUT2D eigenvalue weighted by atomic mass is 127. The van der Waals surface area contributed by atoms with Crippen molar-refractivity contribution in [3.63, 3.8) is 0 Å². The Kier molecular flexibility index (Phi) is 4.21. The minimum absolute atomic E-state index is 0.174. The highest BCUT2D eigenvalue weighted by Crippen LogP contribution is 2.22. The highest BCUT2D eigenvalue weighted by Gasteiger charge is 2.32. The first-order valence-corrected chi connectivity index (χ1v) is 6.97. The van der Waals surface area contributed by atoms with E-state index in [1.165, 1.54) is 4.90 Å². The van der Waals surface area contributed by atoms with Crippen molar-refractivity contribution in [1.29, 1.82) is 0 Å². The molecule has 1 aliphatic heterocycles. The zero-order valence-corrected chi connectivity index (χ0v) is 12.0. The van der Waals surface area contributed by atoms with Gasteiger partial charge in [0, 0.05) is 10.1 Å². The maximum Gasteiger partial charge on any atom is 0.326 e. The molecule has 5 heteroatoms. The summed E-state index contributed by atoms with van der Waals surface area (Å²) in [6.45, 7) is 0.529. The van der Waals surface area contributed by atoms with Crippen molar-refractivity contribution in [2.24, 2.45) is 0 Å². The molecule has 0 saturated carbocycles. The van der Waals surface area contributed by atoms with Gasteiger partial charge >= 0.3 is 5.97 Å². The van der Waals surface area contributed by atoms with Crippen LogP contribution in [-0.2, 0) is 4.79 Å². The van der Waals surface area contributed by atoms with Gasteiger partial charge in [-0.25, -0.2) is 4.79 Å². The molecule has 0 aliphatic carbocycles. The zero-order chi connectivity index (χ0) is 13.1. The van der Waals surface area contributed by atoms with E-state index >= 15 is 0 Å². The van der Waals surface area contributed by atoms with Crippen LogP contribution in [-0.4, -0.2) is 34.5 Å². The van der Waals surface area contributed by atoms with Crippen molar-refractivity contribution in [3.05, 3.63) is 33.4 Å². The van der Waals surface area contributed by atoms with Crippen molar-refractivity contribution < 1.29 is 14.7 Å². The summed E-state index contributed by atoms with van der Waals surface area (Å²) in [6, 6.07) is 6.59. The Morgan fingerprint density at radius 2 is 2.00 bits per heavy atom. The van der Waals surface area contributed by atoms with E-state index in [0.717, 1.165) is 16.4 Å². The van der Waals surface area contributed by atoms with Crippen LogP contribution in [0.1, 0.15) is 29.6 Å². The van der Waals surface area contributed by atoms with Gasteiger partial charge in [-0.2, -0.15) is 0 Å². The monoisotopic (exact) mass is 359 g/mol. The van der Waals surface area contributed by atoms with Gasteiger partial charge in [-0.3, -0.25) is 4.79 Å². The van der Waals surface area contributed by atoms with Gasteiger partial charge in [0.1, 0.15) is 6.04 Å². The molecule has 96 valence electrons. The Morgan fingerprint density at radius 1 is 1.28 bits per heavy atom. The number of piperidine rings is 1. The number of carboxylic acids is 1. The molecule has 1 aromatic rings. The van der Waals surface area contributed by atoms with E-state index < -0.39 is 12.0 Å². The summed E-state index contributed by atoms with van der Waals surface area (Å²) in [5, 5.41) is 9.18. The van der Waals surface area contributed by atoms with E-state index in [1.807, 2.05) is 12.1 Å². The number of carbonyl (C=O) groups excluding carboxylic acids is 1. The van der Waals surface area contributed by atoms with E-state index in [1.54, 1.807) is 12.1 Å². The van der Waals surface area contributed by atoms with Crippen molar-refractivity contribution in [1.82, 2.24) is 4.90 Å². The van der Waals surface area contributed by atoms with Crippen LogP contribution < -0.4 is 0 Å². The number of carboxylic acid groups (broad SMARTS) is 1. The molecule has 0 radical (unpaired) electrons. The fraction of sp³-hybridized carbons (Fsp3) is 0.385. The summed E-state index contributed by atoms with van der Waals surface area (Å²) < 4.78 is 0.856. The lowest BCUT2D eigenvalue weighted by Crippen LogP contribution is -2.48. The molecule has 1 fully saturated rings. The summed E-state index contributed by atoms with van der Waals surface area (Å²) in [7, 11) is 0. The molecule has 0 aromatic heterocycles. The third-order valence-electron chi connectivity index (χ3n) is 3.15. The van der Waals surface area contributed by atoms with Crippen LogP contribution >= 0.6 is 22.6 Å². The number of carbonyl (C=O) groups is 2. The zero-order valence-electron chi connectivity index (χ0n) is 9.80. The molecular formula is C13H14INO3. The Balaban J connectivity index is 2.27. The summed E-state index contributed by atoms with van der Waals surface area (Å²) in [5.41, 5.74) is 0.589. The number of amides is 1. The first-order valence-electron chi connectivity index (χ1n) is 5.89. The lowest BCUT2D eigenvalue weighted by atomic mass is 10.0. The van der Waals surface area contributed by atoms with Crippen LogP contribution in [0.25, 0.3) is 0 Å². The number of halogens is 1. The fourth-order valence-corrected chi connectivity index (χ4v) is 2.84. The Morgan fingerprint density at radius 3 is 2.67 bits per heavy atom. The number of benzene rings is 1. The van der Waals surface area contributed by atoms with Gasteiger partial charge < -0.3 is 10.0 Å². The second kappa shape index (κ2) is 5.69. The van der Waals surface area contributed by atoms with Crippen molar-refractivity contribution in [2.45, 2.75) is 25.3 Å². The molecule has 1 saturated heterocycles. The van der Waals surface area contributed by atoms with E-state index in [-0.39, 0.29) is 5.91 Å². The molecule has 1 aromatic carbocycles. The average molecular weight is 359 g/mol. The second-order valence-electron chi connectivity index (χ2n) is 4.33. The van der Waals surface area contributed by atoms with Gasteiger partial charge in [0.2, 0.25) is 0 Å². The van der Waals surface area contributed by atoms with E-state index in [2.05, 4.69) is 22.6 Å². The number of rotatable bonds is 2. The number of hydrogen-bond donors (Lipinski definition) is 1. The van der Waals surface area contributed by atoms with Gasteiger partial charge in [0.05, 0.1) is 5.56 Å². The van der Waals surface area contributed by atoms with Gasteiger partial charge in [-0.1, -0.05) is 12.1 Å². The average Bonchev–Trinajstić information content (AvgIpc) is 2.38. The maximum atomic E-state index is 12.4. The lowest BCUT2D eigenvalue weighted by molar-refractivity contribution is -0.143. The number of aliphatic carboxylic acids is 1. The first-order chi connectivity index (χ1) is 8.61. The van der Waals surface area contributed by atoms with Gasteiger partial charge in [0.25, 0.3) is 5.91 Å². The predicted octanol–water partition coefficient (Wildman–Crippen LogP) is 2.37. The molecule has 1 aliphatic rings. The van der Waals surface area contributed by atoms with Crippen LogP contribution in [0.4, 0.5) is 0 Å². The quantitative estimate of drug-likeness (QED) is 0.825. The van der Waals surface area contributed by atoms with Crippen LogP contribution in [0.15, 0.2) is 24.3 Å². The van der Waals surface area contributed by atoms with Gasteiger partial charge in [-0.15, -0.1) is 0 Å². The van der Waals surface area contributed by atoms with Crippen LogP contribution in [0.5, 0.6) is 0 Å². The molecule has 1 N–H and O–H groups in total. The second-order valence-corrected chi connectivity index (χ2v) is 5.49. The molecule has 0 unspecified atom stereocenters. The highest BCUT2D eigenvalue weighted by molar-refractivity contribution is 14.1. The molecule has 18 heavy (non-hydrogen) atoms. The number of hydrogen-bond acceptors (Lipinski definition) is 2. The molecule has 1 atom stereocenters. The van der Waals surface area contributed by atoms with Crippen molar-refractivity contribution >= 4 is 34.5 Å². The maximum absolute atomic E-state index is 12.4. The summed E-state index contributed by atoms with van der Waals surface area (Å²) in [4.78, 5) is 25.1. The number of likely N-dealkylation sites (tertiary alicyclic amines) is 1. The molecule has 0 bridgehead atoms. The van der Waals surface area contributed by atoms with Crippen LogP contribution in [0.3, 0.4) is 0 Å². The van der Waals surface area contributed by atoms with E-state index in [9.17, 15) is 14.7 Å². The largest absolute Gasteiger partial charge is 0.480 e. The van der Waals surface area contributed by atoms with Gasteiger partial charge in [-0.05, 0) is 54.0 Å². The van der Waals surface area contributed by atoms with Crippen LogP contribution in [0, 0.1) is 3.57 Å². The Labute approximate surface area is 119 Å². The lowest BCUT2D eigenvalue weighted by Gasteiger charge is -2.33. The minimum Gasteiger partial charge on any atom is -0.480 e. The standard InChI is InChI=1S/C13H14INO3/c14-10-6-2-1-5-9(10)12(16)15-8-4-3-7-11(15)13(17)18/h1-2,5-6,11H,3-4,7-8H2,(H,17,18)/t11-/m1/s1. The normalized spacial score (nSPS) is 19.6. The summed E-state index contributed by atoms with van der Waals surface area (Å²) in [5.74, 6) is -1.08. The van der Waals surface area contributed by atoms with Crippen LogP contribution in [0.2, 0.25) is 0 Å². The Hall–Kier alpha value is -1.11. The van der Waals surface area contributed by atoms with E-state index in [0.29, 0.717) is 18.5 Å².